The van der Waals surface area contributed by atoms with Gasteiger partial charge in [0.2, 0.25) is 5.63 Å². The quantitative estimate of drug-likeness (QED) is 0.405. The van der Waals surface area contributed by atoms with E-state index in [1.807, 2.05) is 0 Å². The zero-order valence-electron chi connectivity index (χ0n) is 3.85. The van der Waals surface area contributed by atoms with Gasteiger partial charge >= 0.3 is 17.1 Å². The van der Waals surface area contributed by atoms with E-state index < -0.39 is 5.63 Å². The van der Waals surface area contributed by atoms with Crippen molar-refractivity contribution in [2.24, 2.45) is 0 Å². The molecule has 0 spiro atoms. The van der Waals surface area contributed by atoms with E-state index in [1.54, 1.807) is 6.07 Å². The number of hydrogen-bond acceptors (Lipinski definition) is 2. The summed E-state index contributed by atoms with van der Waals surface area (Å²) in [5.41, 5.74) is -0.428. The van der Waals surface area contributed by atoms with Crippen LogP contribution in [0.15, 0.2) is 27.6 Å². The van der Waals surface area contributed by atoms with Gasteiger partial charge < -0.3 is 4.42 Å². The van der Waals surface area contributed by atoms with Gasteiger partial charge in [0, 0.05) is 6.26 Å². The second-order valence-corrected chi connectivity index (χ2v) is 1.04. The third-order valence-electron chi connectivity index (χ3n) is 0.551. The Morgan fingerprint density at radius 1 is 1.62 bits per heavy atom. The van der Waals surface area contributed by atoms with Crippen molar-refractivity contribution in [1.82, 2.24) is 0 Å². The number of hydrogen-bond donors (Lipinski definition) is 0. The zero-order chi connectivity index (χ0) is 5.11. The Morgan fingerprint density at radius 2 is 2.38 bits per heavy atom. The van der Waals surface area contributed by atoms with Crippen LogP contribution in [-0.2, 0) is 17.1 Å². The van der Waals surface area contributed by atoms with E-state index in [4.69, 9.17) is 0 Å². The molecule has 2 nitrogen and oxygen atoms in total. The van der Waals surface area contributed by atoms with Gasteiger partial charge in [-0.1, -0.05) is 0 Å². The van der Waals surface area contributed by atoms with E-state index in [0.29, 0.717) is 0 Å². The number of rotatable bonds is 0. The van der Waals surface area contributed by atoms with Gasteiger partial charge in [-0.3, -0.25) is 4.79 Å². The normalized spacial score (nSPS) is 7.50. The average Bonchev–Trinajstić information content (AvgIpc) is 1.69. The Morgan fingerprint density at radius 3 is 2.62 bits per heavy atom. The van der Waals surface area contributed by atoms with Crippen LogP contribution in [0.1, 0.15) is 0 Å². The Kier molecular flexibility index (Phi) is 3.24. The average molecular weight is 159 g/mol. The third-order valence-corrected chi connectivity index (χ3v) is 0.551. The maximum Gasteiger partial charge on any atom is 1.00 e. The second-order valence-electron chi connectivity index (χ2n) is 1.04. The van der Waals surface area contributed by atoms with E-state index in [2.05, 4.69) is 10.5 Å². The van der Waals surface area contributed by atoms with Gasteiger partial charge in [-0.2, -0.15) is 12.1 Å². The molecule has 8 heavy (non-hydrogen) atoms. The van der Waals surface area contributed by atoms with Gasteiger partial charge in [0.1, 0.15) is 0 Å². The predicted molar refractivity (Wildman–Crippen MR) is 23.8 cm³/mol. The minimum absolute atomic E-state index is 0. The molecule has 0 fully saturated rings. The first-order valence-electron chi connectivity index (χ1n) is 1.85. The first-order chi connectivity index (χ1) is 3.39. The molecule has 0 bridgehead atoms. The van der Waals surface area contributed by atoms with Gasteiger partial charge in [-0.05, 0) is 0 Å². The van der Waals surface area contributed by atoms with Gasteiger partial charge in [0.15, 0.2) is 0 Å². The van der Waals surface area contributed by atoms with E-state index in [0.717, 1.165) is 0 Å². The molecule has 0 aliphatic carbocycles. The van der Waals surface area contributed by atoms with Crippen LogP contribution in [0.2, 0.25) is 0 Å². The fraction of sp³-hybridized carbons (Fsp3) is 0. The third kappa shape index (κ3) is 1.96. The molecule has 0 saturated heterocycles. The summed E-state index contributed by atoms with van der Waals surface area (Å²) in [6.07, 6.45) is 1.32. The minimum atomic E-state index is -0.428. The van der Waals surface area contributed by atoms with Crippen LogP contribution in [-0.4, -0.2) is 0 Å². The molecule has 0 aliphatic rings. The van der Waals surface area contributed by atoms with E-state index >= 15 is 0 Å². The molecule has 3 heteroatoms. The molecule has 46 valence electrons. The maximum atomic E-state index is 10.0. The molecule has 0 N–H and O–H groups in total. The van der Waals surface area contributed by atoms with Crippen LogP contribution >= 0.6 is 0 Å². The monoisotopic (exact) mass is 158 g/mol. The summed E-state index contributed by atoms with van der Waals surface area (Å²) in [6.45, 7) is 0. The van der Waals surface area contributed by atoms with Gasteiger partial charge in [-0.15, -0.1) is 0 Å². The van der Waals surface area contributed by atoms with Gasteiger partial charge in [0.05, 0.1) is 0 Å². The minimum Gasteiger partial charge on any atom is -0.465 e. The van der Waals surface area contributed by atoms with Crippen LogP contribution in [0, 0.1) is 6.07 Å². The second kappa shape index (κ2) is 3.47. The summed E-state index contributed by atoms with van der Waals surface area (Å²) in [6, 6.07) is 5.41. The van der Waals surface area contributed by atoms with Crippen LogP contribution in [0.5, 0.6) is 0 Å². The smallest absolute Gasteiger partial charge is 0.465 e. The summed E-state index contributed by atoms with van der Waals surface area (Å²) in [7, 11) is 0. The Hall–Kier alpha value is -0.531. The zero-order valence-corrected chi connectivity index (χ0v) is 4.79. The molecule has 1 heterocycles. The van der Waals surface area contributed by atoms with Crippen molar-refractivity contribution in [1.29, 1.82) is 0 Å². The van der Waals surface area contributed by atoms with Crippen LogP contribution in [0.25, 0.3) is 0 Å². The van der Waals surface area contributed by atoms with Crippen molar-refractivity contribution in [2.45, 2.75) is 0 Å². The molecule has 1 rings (SSSR count). The summed E-state index contributed by atoms with van der Waals surface area (Å²) in [4.78, 5) is 10.0. The first kappa shape index (κ1) is 7.47. The standard InChI is InChI=1S/C5H3O2.Cu/c6-5-3-1-2-4-7-5;/h1-2,4H;/q-1;+1. The molecule has 0 aliphatic heterocycles. The molecule has 0 amide bonds. The van der Waals surface area contributed by atoms with Crippen molar-refractivity contribution in [3.05, 3.63) is 34.9 Å². The molecular formula is C5H3CuO2. The molecular weight excluding hydrogens is 156 g/mol. The van der Waals surface area contributed by atoms with Crippen molar-refractivity contribution in [3.8, 4) is 0 Å². The van der Waals surface area contributed by atoms with Crippen LogP contribution in [0.3, 0.4) is 0 Å². The Labute approximate surface area is 57.0 Å². The Balaban J connectivity index is 0.000000490. The summed E-state index contributed by atoms with van der Waals surface area (Å²) >= 11 is 0. The molecule has 0 saturated carbocycles. The van der Waals surface area contributed by atoms with Gasteiger partial charge in [-0.25, -0.2) is 6.07 Å². The topological polar surface area (TPSA) is 30.2 Å². The molecule has 0 unspecified atom stereocenters. The summed E-state index contributed by atoms with van der Waals surface area (Å²) in [5, 5.41) is 0. The first-order valence-corrected chi connectivity index (χ1v) is 1.85. The van der Waals surface area contributed by atoms with E-state index in [9.17, 15) is 4.79 Å². The van der Waals surface area contributed by atoms with Crippen molar-refractivity contribution in [3.63, 3.8) is 0 Å². The predicted octanol–water partition coefficient (Wildman–Crippen LogP) is 0.437. The van der Waals surface area contributed by atoms with Gasteiger partial charge in [0.25, 0.3) is 0 Å². The molecule has 0 aromatic carbocycles. The van der Waals surface area contributed by atoms with Crippen LogP contribution in [0.4, 0.5) is 0 Å². The van der Waals surface area contributed by atoms with E-state index in [-0.39, 0.29) is 17.1 Å². The molecule has 1 aromatic rings. The maximum absolute atomic E-state index is 10.0. The van der Waals surface area contributed by atoms with Crippen molar-refractivity contribution < 1.29 is 21.5 Å². The van der Waals surface area contributed by atoms with Crippen molar-refractivity contribution >= 4 is 0 Å². The summed E-state index contributed by atoms with van der Waals surface area (Å²) in [5.74, 6) is 0. The fourth-order valence-corrected chi connectivity index (χ4v) is 0.291. The van der Waals surface area contributed by atoms with Crippen LogP contribution < -0.4 is 5.63 Å². The molecule has 0 radical (unpaired) electrons. The summed E-state index contributed by atoms with van der Waals surface area (Å²) < 4.78 is 4.32. The molecule has 1 aromatic heterocycles. The SMILES string of the molecule is O=c1[c-]ccco1.[Cu+]. The Bertz CT molecular complexity index is 176. The fourth-order valence-electron chi connectivity index (χ4n) is 0.291. The molecule has 0 atom stereocenters. The van der Waals surface area contributed by atoms with Crippen molar-refractivity contribution in [2.75, 3.05) is 0 Å². The van der Waals surface area contributed by atoms with E-state index in [1.165, 1.54) is 12.3 Å². The largest absolute Gasteiger partial charge is 1.00 e.